The predicted molar refractivity (Wildman–Crippen MR) is 90.8 cm³/mol. The molecule has 6 nitrogen and oxygen atoms in total. The minimum absolute atomic E-state index is 0.151. The van der Waals surface area contributed by atoms with Crippen LogP contribution in [0.4, 0.5) is 0 Å². The Labute approximate surface area is 141 Å². The zero-order valence-electron chi connectivity index (χ0n) is 14.5. The SMILES string of the molecule is COC(=O)C[C@H](C)NC(=O)c1ccc(Cn2nc(C)cc2C)cc1. The van der Waals surface area contributed by atoms with Crippen LogP contribution >= 0.6 is 0 Å². The molecule has 1 heterocycles. The average molecular weight is 329 g/mol. The van der Waals surface area contributed by atoms with Gasteiger partial charge in [-0.1, -0.05) is 12.1 Å². The fourth-order valence-corrected chi connectivity index (χ4v) is 2.46. The Balaban J connectivity index is 1.97. The predicted octanol–water partition coefficient (Wildman–Crippen LogP) is 2.23. The molecule has 0 spiro atoms. The summed E-state index contributed by atoms with van der Waals surface area (Å²) in [5.74, 6) is -0.549. The third kappa shape index (κ3) is 4.68. The summed E-state index contributed by atoms with van der Waals surface area (Å²) in [6.07, 6.45) is 0.151. The van der Waals surface area contributed by atoms with Gasteiger partial charge in [0.25, 0.3) is 5.91 Å². The lowest BCUT2D eigenvalue weighted by Gasteiger charge is -2.13. The molecule has 2 rings (SSSR count). The number of hydrogen-bond donors (Lipinski definition) is 1. The molecule has 1 atom stereocenters. The van der Waals surface area contributed by atoms with Gasteiger partial charge in [-0.25, -0.2) is 0 Å². The van der Waals surface area contributed by atoms with Gasteiger partial charge >= 0.3 is 5.97 Å². The van der Waals surface area contributed by atoms with Crippen molar-refractivity contribution in [2.45, 2.75) is 39.8 Å². The van der Waals surface area contributed by atoms with Crippen molar-refractivity contribution in [3.05, 3.63) is 52.8 Å². The summed E-state index contributed by atoms with van der Waals surface area (Å²) >= 11 is 0. The van der Waals surface area contributed by atoms with E-state index in [2.05, 4.69) is 15.2 Å². The number of nitrogens with one attached hydrogen (secondary N) is 1. The first kappa shape index (κ1) is 17.7. The highest BCUT2D eigenvalue weighted by Crippen LogP contribution is 2.09. The van der Waals surface area contributed by atoms with Gasteiger partial charge in [0.15, 0.2) is 0 Å². The first-order chi connectivity index (χ1) is 11.4. The molecule has 24 heavy (non-hydrogen) atoms. The first-order valence-corrected chi connectivity index (χ1v) is 7.86. The first-order valence-electron chi connectivity index (χ1n) is 7.86. The van der Waals surface area contributed by atoms with E-state index < -0.39 is 0 Å². The number of rotatable bonds is 6. The van der Waals surface area contributed by atoms with E-state index in [0.29, 0.717) is 12.1 Å². The van der Waals surface area contributed by atoms with Crippen molar-refractivity contribution in [3.8, 4) is 0 Å². The van der Waals surface area contributed by atoms with Gasteiger partial charge in [0.2, 0.25) is 0 Å². The van der Waals surface area contributed by atoms with Gasteiger partial charge in [-0.3, -0.25) is 14.3 Å². The van der Waals surface area contributed by atoms with Crippen LogP contribution in [0.5, 0.6) is 0 Å². The topological polar surface area (TPSA) is 73.2 Å². The maximum atomic E-state index is 12.2. The highest BCUT2D eigenvalue weighted by Gasteiger charge is 2.13. The zero-order valence-corrected chi connectivity index (χ0v) is 14.5. The highest BCUT2D eigenvalue weighted by molar-refractivity contribution is 5.94. The van der Waals surface area contributed by atoms with Crippen LogP contribution < -0.4 is 5.32 Å². The summed E-state index contributed by atoms with van der Waals surface area (Å²) in [5, 5.41) is 7.22. The third-order valence-electron chi connectivity index (χ3n) is 3.73. The van der Waals surface area contributed by atoms with E-state index in [-0.39, 0.29) is 24.3 Å². The standard InChI is InChI=1S/C18H23N3O3/c1-12(10-17(22)24-4)19-18(23)16-7-5-15(6-8-16)11-21-14(3)9-13(2)20-21/h5-9,12H,10-11H2,1-4H3,(H,19,23)/t12-/m0/s1. The molecule has 0 aliphatic rings. The van der Waals surface area contributed by atoms with Crippen LogP contribution in [0, 0.1) is 13.8 Å². The lowest BCUT2D eigenvalue weighted by atomic mass is 10.1. The van der Waals surface area contributed by atoms with Crippen LogP contribution in [-0.4, -0.2) is 34.8 Å². The monoisotopic (exact) mass is 329 g/mol. The number of hydrogen-bond acceptors (Lipinski definition) is 4. The molecule has 0 saturated carbocycles. The van der Waals surface area contributed by atoms with Gasteiger partial charge in [0.1, 0.15) is 0 Å². The fraction of sp³-hybridized carbons (Fsp3) is 0.389. The van der Waals surface area contributed by atoms with Gasteiger partial charge in [-0.15, -0.1) is 0 Å². The summed E-state index contributed by atoms with van der Waals surface area (Å²) in [6.45, 7) is 6.42. The van der Waals surface area contributed by atoms with Crippen LogP contribution in [0.3, 0.4) is 0 Å². The Bertz CT molecular complexity index is 720. The summed E-state index contributed by atoms with van der Waals surface area (Å²) < 4.78 is 6.53. The molecule has 0 fully saturated rings. The summed E-state index contributed by atoms with van der Waals surface area (Å²) in [4.78, 5) is 23.4. The molecule has 2 aromatic rings. The number of aromatic nitrogens is 2. The Morgan fingerprint density at radius 1 is 1.25 bits per heavy atom. The number of amides is 1. The molecule has 0 unspecified atom stereocenters. The largest absolute Gasteiger partial charge is 0.469 e. The van der Waals surface area contributed by atoms with Crippen molar-refractivity contribution < 1.29 is 14.3 Å². The average Bonchev–Trinajstić information content (AvgIpc) is 2.85. The van der Waals surface area contributed by atoms with Crippen LogP contribution in [-0.2, 0) is 16.1 Å². The molecule has 0 saturated heterocycles. The van der Waals surface area contributed by atoms with E-state index in [0.717, 1.165) is 17.0 Å². The number of ether oxygens (including phenoxy) is 1. The van der Waals surface area contributed by atoms with Crippen molar-refractivity contribution >= 4 is 11.9 Å². The number of methoxy groups -OCH3 is 1. The Hall–Kier alpha value is -2.63. The quantitative estimate of drug-likeness (QED) is 0.825. The maximum absolute atomic E-state index is 12.2. The van der Waals surface area contributed by atoms with E-state index in [1.54, 1.807) is 19.1 Å². The smallest absolute Gasteiger partial charge is 0.307 e. The molecule has 0 aliphatic heterocycles. The third-order valence-corrected chi connectivity index (χ3v) is 3.73. The van der Waals surface area contributed by atoms with Gasteiger partial charge in [-0.05, 0) is 44.5 Å². The molecule has 128 valence electrons. The molecule has 1 aromatic carbocycles. The molecular formula is C18H23N3O3. The highest BCUT2D eigenvalue weighted by atomic mass is 16.5. The van der Waals surface area contributed by atoms with Crippen LogP contribution in [0.1, 0.15) is 40.7 Å². The lowest BCUT2D eigenvalue weighted by molar-refractivity contribution is -0.141. The maximum Gasteiger partial charge on any atom is 0.307 e. The number of nitrogens with zero attached hydrogens (tertiary/aromatic N) is 2. The van der Waals surface area contributed by atoms with Gasteiger partial charge < -0.3 is 10.1 Å². The van der Waals surface area contributed by atoms with Crippen LogP contribution in [0.25, 0.3) is 0 Å². The Morgan fingerprint density at radius 2 is 1.92 bits per heavy atom. The van der Waals surface area contributed by atoms with Gasteiger partial charge in [0, 0.05) is 17.3 Å². The van der Waals surface area contributed by atoms with E-state index in [4.69, 9.17) is 0 Å². The van der Waals surface area contributed by atoms with Crippen molar-refractivity contribution in [1.82, 2.24) is 15.1 Å². The number of carbonyl (C=O) groups is 2. The van der Waals surface area contributed by atoms with Gasteiger partial charge in [0.05, 0.1) is 25.8 Å². The Kier molecular flexibility index (Phi) is 5.73. The molecule has 0 radical (unpaired) electrons. The zero-order chi connectivity index (χ0) is 17.7. The van der Waals surface area contributed by atoms with E-state index in [1.165, 1.54) is 7.11 Å². The lowest BCUT2D eigenvalue weighted by Crippen LogP contribution is -2.34. The minimum Gasteiger partial charge on any atom is -0.469 e. The fourth-order valence-electron chi connectivity index (χ4n) is 2.46. The second kappa shape index (κ2) is 7.77. The molecule has 1 amide bonds. The normalized spacial score (nSPS) is 11.8. The molecule has 0 bridgehead atoms. The van der Waals surface area contributed by atoms with E-state index in [9.17, 15) is 9.59 Å². The van der Waals surface area contributed by atoms with Crippen LogP contribution in [0.15, 0.2) is 30.3 Å². The second-order valence-electron chi connectivity index (χ2n) is 5.94. The minimum atomic E-state index is -0.344. The summed E-state index contributed by atoms with van der Waals surface area (Å²) in [5.41, 5.74) is 3.72. The summed E-state index contributed by atoms with van der Waals surface area (Å²) in [7, 11) is 1.33. The molecule has 1 aromatic heterocycles. The van der Waals surface area contributed by atoms with E-state index in [1.807, 2.05) is 36.7 Å². The number of esters is 1. The van der Waals surface area contributed by atoms with Crippen molar-refractivity contribution in [3.63, 3.8) is 0 Å². The molecule has 1 N–H and O–H groups in total. The number of carbonyl (C=O) groups excluding carboxylic acids is 2. The number of aryl methyl sites for hydroxylation is 2. The van der Waals surface area contributed by atoms with Gasteiger partial charge in [-0.2, -0.15) is 5.10 Å². The summed E-state index contributed by atoms with van der Waals surface area (Å²) in [6, 6.07) is 9.14. The van der Waals surface area contributed by atoms with Crippen LogP contribution in [0.2, 0.25) is 0 Å². The Morgan fingerprint density at radius 3 is 2.46 bits per heavy atom. The van der Waals surface area contributed by atoms with Crippen molar-refractivity contribution in [2.75, 3.05) is 7.11 Å². The molecule has 0 aliphatic carbocycles. The molecular weight excluding hydrogens is 306 g/mol. The number of benzene rings is 1. The van der Waals surface area contributed by atoms with Crippen molar-refractivity contribution in [2.24, 2.45) is 0 Å². The molecule has 6 heteroatoms. The van der Waals surface area contributed by atoms with E-state index >= 15 is 0 Å². The second-order valence-corrected chi connectivity index (χ2v) is 5.94. The van der Waals surface area contributed by atoms with Crippen molar-refractivity contribution in [1.29, 1.82) is 0 Å².